The zero-order valence-corrected chi connectivity index (χ0v) is 8.14. The second-order valence-electron chi connectivity index (χ2n) is 2.90. The van der Waals surface area contributed by atoms with E-state index in [0.29, 0.717) is 5.76 Å². The molecule has 15 heavy (non-hydrogen) atoms. The minimum absolute atomic E-state index is 0.191. The number of carbonyl (C=O) groups is 1. The summed E-state index contributed by atoms with van der Waals surface area (Å²) in [5, 5.41) is 0. The first-order valence-electron chi connectivity index (χ1n) is 4.40. The predicted octanol–water partition coefficient (Wildman–Crippen LogP) is 2.13. The molecule has 2 aromatic heterocycles. The van der Waals surface area contributed by atoms with Gasteiger partial charge in [-0.25, -0.2) is 4.79 Å². The monoisotopic (exact) mass is 203 g/mol. The summed E-state index contributed by atoms with van der Waals surface area (Å²) in [6.45, 7) is 0. The van der Waals surface area contributed by atoms with E-state index in [0.717, 1.165) is 5.56 Å². The Kier molecular flexibility index (Phi) is 2.49. The van der Waals surface area contributed by atoms with Crippen LogP contribution in [0.15, 0.2) is 41.1 Å². The van der Waals surface area contributed by atoms with Gasteiger partial charge in [0.1, 0.15) is 5.76 Å². The summed E-state index contributed by atoms with van der Waals surface area (Å²) < 4.78 is 9.84. The van der Waals surface area contributed by atoms with Crippen molar-refractivity contribution in [2.75, 3.05) is 7.11 Å². The quantitative estimate of drug-likeness (QED) is 0.701. The molecule has 0 bridgehead atoms. The first-order chi connectivity index (χ1) is 7.31. The van der Waals surface area contributed by atoms with E-state index in [1.165, 1.54) is 7.11 Å². The second-order valence-corrected chi connectivity index (χ2v) is 2.90. The molecular weight excluding hydrogens is 194 g/mol. The van der Waals surface area contributed by atoms with Crippen LogP contribution in [0.5, 0.6) is 0 Å². The van der Waals surface area contributed by atoms with Gasteiger partial charge >= 0.3 is 5.97 Å². The van der Waals surface area contributed by atoms with Gasteiger partial charge in [-0.15, -0.1) is 0 Å². The van der Waals surface area contributed by atoms with Crippen LogP contribution in [0, 0.1) is 0 Å². The topological polar surface area (TPSA) is 52.3 Å². The summed E-state index contributed by atoms with van der Waals surface area (Å²) in [5.41, 5.74) is 0.827. The highest BCUT2D eigenvalue weighted by molar-refractivity contribution is 5.86. The Morgan fingerprint density at radius 2 is 2.27 bits per heavy atom. The minimum atomic E-state index is -0.481. The Labute approximate surface area is 86.5 Å². The van der Waals surface area contributed by atoms with Crippen molar-refractivity contribution in [1.29, 1.82) is 0 Å². The number of nitrogens with zero attached hydrogens (tertiary/aromatic N) is 1. The molecule has 0 atom stereocenters. The maximum absolute atomic E-state index is 11.1. The average molecular weight is 203 g/mol. The van der Waals surface area contributed by atoms with E-state index >= 15 is 0 Å². The molecule has 0 radical (unpaired) electrons. The first-order valence-corrected chi connectivity index (χ1v) is 4.40. The highest BCUT2D eigenvalue weighted by Crippen LogP contribution is 2.21. The minimum Gasteiger partial charge on any atom is -0.463 e. The Bertz CT molecular complexity index is 462. The average Bonchev–Trinajstić information content (AvgIpc) is 2.78. The number of carbonyl (C=O) groups excluding carboxylic acids is 1. The lowest BCUT2D eigenvalue weighted by Gasteiger charge is -1.95. The highest BCUT2D eigenvalue weighted by atomic mass is 16.5. The van der Waals surface area contributed by atoms with Crippen molar-refractivity contribution < 1.29 is 13.9 Å². The molecule has 2 heterocycles. The zero-order chi connectivity index (χ0) is 10.7. The molecule has 76 valence electrons. The van der Waals surface area contributed by atoms with Crippen molar-refractivity contribution >= 4 is 5.97 Å². The summed E-state index contributed by atoms with van der Waals surface area (Å²) in [6, 6.07) is 6.94. The summed E-state index contributed by atoms with van der Waals surface area (Å²) >= 11 is 0. The van der Waals surface area contributed by atoms with Crippen molar-refractivity contribution in [1.82, 2.24) is 4.98 Å². The molecule has 0 aliphatic carbocycles. The molecule has 0 saturated heterocycles. The highest BCUT2D eigenvalue weighted by Gasteiger charge is 2.11. The Morgan fingerprint density at radius 3 is 2.93 bits per heavy atom. The van der Waals surface area contributed by atoms with Crippen LogP contribution in [0.2, 0.25) is 0 Å². The van der Waals surface area contributed by atoms with Crippen molar-refractivity contribution in [2.45, 2.75) is 0 Å². The molecule has 0 spiro atoms. The number of esters is 1. The van der Waals surface area contributed by atoms with E-state index in [-0.39, 0.29) is 5.76 Å². The zero-order valence-electron chi connectivity index (χ0n) is 8.14. The summed E-state index contributed by atoms with van der Waals surface area (Å²) in [5.74, 6) is 0.310. The molecule has 0 amide bonds. The van der Waals surface area contributed by atoms with E-state index in [4.69, 9.17) is 4.42 Å². The fraction of sp³-hybridized carbons (Fsp3) is 0.0909. The Hall–Kier alpha value is -2.10. The van der Waals surface area contributed by atoms with Crippen molar-refractivity contribution in [3.05, 3.63) is 42.4 Å². The smallest absolute Gasteiger partial charge is 0.373 e. The molecule has 0 fully saturated rings. The summed E-state index contributed by atoms with van der Waals surface area (Å²) in [6.07, 6.45) is 3.34. The fourth-order valence-electron chi connectivity index (χ4n) is 1.21. The first kappa shape index (κ1) is 9.45. The predicted molar refractivity (Wildman–Crippen MR) is 53.3 cm³/mol. The molecule has 0 unspecified atom stereocenters. The van der Waals surface area contributed by atoms with Crippen molar-refractivity contribution in [2.24, 2.45) is 0 Å². The molecule has 0 aromatic carbocycles. The molecule has 0 aliphatic heterocycles. The SMILES string of the molecule is COC(=O)c1ccc(-c2cccnc2)o1. The van der Waals surface area contributed by atoms with Crippen LogP contribution < -0.4 is 0 Å². The molecule has 0 aliphatic rings. The molecule has 2 rings (SSSR count). The number of ether oxygens (including phenoxy) is 1. The van der Waals surface area contributed by atoms with Gasteiger partial charge in [0.15, 0.2) is 0 Å². The van der Waals surface area contributed by atoms with Crippen LogP contribution in [0.3, 0.4) is 0 Å². The van der Waals surface area contributed by atoms with Crippen LogP contribution in [0.1, 0.15) is 10.6 Å². The molecule has 0 N–H and O–H groups in total. The third-order valence-electron chi connectivity index (χ3n) is 1.94. The number of hydrogen-bond donors (Lipinski definition) is 0. The van der Waals surface area contributed by atoms with Gasteiger partial charge in [0.2, 0.25) is 5.76 Å². The third kappa shape index (κ3) is 1.88. The van der Waals surface area contributed by atoms with Crippen LogP contribution >= 0.6 is 0 Å². The van der Waals surface area contributed by atoms with Gasteiger partial charge in [-0.2, -0.15) is 0 Å². The lowest BCUT2D eigenvalue weighted by molar-refractivity contribution is 0.0566. The van der Waals surface area contributed by atoms with Gasteiger partial charge < -0.3 is 9.15 Å². The normalized spacial score (nSPS) is 9.93. The van der Waals surface area contributed by atoms with Gasteiger partial charge in [0, 0.05) is 18.0 Å². The van der Waals surface area contributed by atoms with E-state index in [1.807, 2.05) is 6.07 Å². The maximum Gasteiger partial charge on any atom is 0.373 e. The van der Waals surface area contributed by atoms with Crippen molar-refractivity contribution in [3.63, 3.8) is 0 Å². The van der Waals surface area contributed by atoms with E-state index < -0.39 is 5.97 Å². The van der Waals surface area contributed by atoms with Crippen LogP contribution in [0.4, 0.5) is 0 Å². The lowest BCUT2D eigenvalue weighted by atomic mass is 10.2. The molecule has 4 nitrogen and oxygen atoms in total. The summed E-state index contributed by atoms with van der Waals surface area (Å²) in [7, 11) is 1.31. The van der Waals surface area contributed by atoms with Gasteiger partial charge in [-0.05, 0) is 24.3 Å². The number of rotatable bonds is 2. The number of furan rings is 1. The fourth-order valence-corrected chi connectivity index (χ4v) is 1.21. The van der Waals surface area contributed by atoms with E-state index in [1.54, 1.807) is 30.6 Å². The Balaban J connectivity index is 2.32. The lowest BCUT2D eigenvalue weighted by Crippen LogP contribution is -1.98. The number of aromatic nitrogens is 1. The third-order valence-corrected chi connectivity index (χ3v) is 1.94. The van der Waals surface area contributed by atoms with Crippen LogP contribution in [-0.4, -0.2) is 18.1 Å². The summed E-state index contributed by atoms with van der Waals surface area (Å²) in [4.78, 5) is 15.1. The molecular formula is C11H9NO3. The standard InChI is InChI=1S/C11H9NO3/c1-14-11(13)10-5-4-9(15-10)8-3-2-6-12-7-8/h2-7H,1H3. The van der Waals surface area contributed by atoms with Gasteiger partial charge in [-0.1, -0.05) is 0 Å². The number of pyridine rings is 1. The van der Waals surface area contributed by atoms with Gasteiger partial charge in [0.25, 0.3) is 0 Å². The van der Waals surface area contributed by atoms with E-state index in [9.17, 15) is 4.79 Å². The maximum atomic E-state index is 11.1. The van der Waals surface area contributed by atoms with E-state index in [2.05, 4.69) is 9.72 Å². The van der Waals surface area contributed by atoms with Gasteiger partial charge in [0.05, 0.1) is 7.11 Å². The van der Waals surface area contributed by atoms with Crippen LogP contribution in [0.25, 0.3) is 11.3 Å². The van der Waals surface area contributed by atoms with Crippen LogP contribution in [-0.2, 0) is 4.74 Å². The second kappa shape index (κ2) is 3.96. The molecule has 2 aromatic rings. The largest absolute Gasteiger partial charge is 0.463 e. The molecule has 4 heteroatoms. The Morgan fingerprint density at radius 1 is 1.40 bits per heavy atom. The van der Waals surface area contributed by atoms with Crippen molar-refractivity contribution in [3.8, 4) is 11.3 Å². The molecule has 0 saturated carbocycles. The van der Waals surface area contributed by atoms with Gasteiger partial charge in [-0.3, -0.25) is 4.98 Å². The number of hydrogen-bond acceptors (Lipinski definition) is 4. The number of methoxy groups -OCH3 is 1.